The van der Waals surface area contributed by atoms with Crippen LogP contribution >= 0.6 is 0 Å². The van der Waals surface area contributed by atoms with Crippen molar-refractivity contribution in [2.24, 2.45) is 0 Å². The fourth-order valence-corrected chi connectivity index (χ4v) is 3.29. The van der Waals surface area contributed by atoms with Crippen molar-refractivity contribution in [1.82, 2.24) is 19.9 Å². The van der Waals surface area contributed by atoms with E-state index in [1.165, 1.54) is 6.33 Å². The Balaban J connectivity index is 1.33. The molecule has 3 aromatic rings. The summed E-state index contributed by atoms with van der Waals surface area (Å²) in [6.45, 7) is 1.44. The summed E-state index contributed by atoms with van der Waals surface area (Å²) in [4.78, 5) is 25.8. The highest BCUT2D eigenvalue weighted by Gasteiger charge is 2.24. The smallest absolute Gasteiger partial charge is 0.227 e. The molecule has 0 saturated carbocycles. The molecule has 128 valence electrons. The summed E-state index contributed by atoms with van der Waals surface area (Å²) in [5.74, 6) is 0.767. The van der Waals surface area contributed by atoms with Crippen LogP contribution in [-0.2, 0) is 11.2 Å². The molecule has 0 radical (unpaired) electrons. The van der Waals surface area contributed by atoms with Crippen LogP contribution in [0.1, 0.15) is 18.4 Å². The number of amides is 1. The molecule has 1 aliphatic rings. The summed E-state index contributed by atoms with van der Waals surface area (Å²) in [5, 5.41) is 1.12. The number of aromatic amines is 1. The van der Waals surface area contributed by atoms with Crippen molar-refractivity contribution >= 4 is 16.8 Å². The highest BCUT2D eigenvalue weighted by Crippen LogP contribution is 2.21. The van der Waals surface area contributed by atoms with Crippen LogP contribution in [0.5, 0.6) is 5.88 Å². The molecule has 6 heteroatoms. The third kappa shape index (κ3) is 3.47. The van der Waals surface area contributed by atoms with Gasteiger partial charge in [-0.05, 0) is 11.6 Å². The second-order valence-corrected chi connectivity index (χ2v) is 6.28. The van der Waals surface area contributed by atoms with Crippen molar-refractivity contribution in [3.8, 4) is 5.88 Å². The fourth-order valence-electron chi connectivity index (χ4n) is 3.29. The van der Waals surface area contributed by atoms with Gasteiger partial charge < -0.3 is 14.6 Å². The standard InChI is InChI=1S/C19H20N4O2/c24-19(11-14-12-21-17-4-2-1-3-16(14)17)23-9-6-15(7-10-23)25-18-5-8-20-13-22-18/h1-5,8,12-13,15,21H,6-7,9-11H2. The van der Waals surface area contributed by atoms with E-state index in [0.717, 1.165) is 42.4 Å². The maximum atomic E-state index is 12.6. The first-order chi connectivity index (χ1) is 12.3. The number of benzene rings is 1. The number of fused-ring (bicyclic) bond motifs is 1. The maximum absolute atomic E-state index is 12.6. The van der Waals surface area contributed by atoms with E-state index in [9.17, 15) is 4.79 Å². The molecule has 1 amide bonds. The lowest BCUT2D eigenvalue weighted by Gasteiger charge is -2.32. The van der Waals surface area contributed by atoms with Crippen LogP contribution in [0.2, 0.25) is 0 Å². The second-order valence-electron chi connectivity index (χ2n) is 6.28. The monoisotopic (exact) mass is 336 g/mol. The summed E-state index contributed by atoms with van der Waals surface area (Å²) >= 11 is 0. The Labute approximate surface area is 145 Å². The van der Waals surface area contributed by atoms with Gasteiger partial charge in [0.25, 0.3) is 0 Å². The Kier molecular flexibility index (Phi) is 4.33. The third-order valence-corrected chi connectivity index (χ3v) is 4.65. The van der Waals surface area contributed by atoms with E-state index in [-0.39, 0.29) is 12.0 Å². The molecule has 1 N–H and O–H groups in total. The number of carbonyl (C=O) groups is 1. The van der Waals surface area contributed by atoms with Crippen LogP contribution < -0.4 is 4.74 Å². The number of para-hydroxylation sites is 1. The number of rotatable bonds is 4. The molecule has 1 saturated heterocycles. The van der Waals surface area contributed by atoms with Crippen LogP contribution in [-0.4, -0.2) is 45.0 Å². The number of hydrogen-bond donors (Lipinski definition) is 1. The first-order valence-corrected chi connectivity index (χ1v) is 8.55. The van der Waals surface area contributed by atoms with Gasteiger partial charge in [-0.1, -0.05) is 18.2 Å². The lowest BCUT2D eigenvalue weighted by atomic mass is 10.1. The van der Waals surface area contributed by atoms with Crippen molar-refractivity contribution < 1.29 is 9.53 Å². The average Bonchev–Trinajstić information content (AvgIpc) is 3.06. The number of hydrogen-bond acceptors (Lipinski definition) is 4. The van der Waals surface area contributed by atoms with Gasteiger partial charge in [-0.3, -0.25) is 4.79 Å². The molecule has 25 heavy (non-hydrogen) atoms. The van der Waals surface area contributed by atoms with E-state index in [4.69, 9.17) is 4.74 Å². The molecule has 0 bridgehead atoms. The zero-order chi connectivity index (χ0) is 17.1. The van der Waals surface area contributed by atoms with Crippen LogP contribution in [0.3, 0.4) is 0 Å². The molecule has 4 rings (SSSR count). The topological polar surface area (TPSA) is 71.1 Å². The summed E-state index contributed by atoms with van der Waals surface area (Å²) < 4.78 is 5.85. The van der Waals surface area contributed by atoms with Gasteiger partial charge in [0.15, 0.2) is 0 Å². The first-order valence-electron chi connectivity index (χ1n) is 8.55. The minimum absolute atomic E-state index is 0.104. The summed E-state index contributed by atoms with van der Waals surface area (Å²) in [6.07, 6.45) is 7.27. The van der Waals surface area contributed by atoms with Gasteiger partial charge in [-0.15, -0.1) is 0 Å². The zero-order valence-electron chi connectivity index (χ0n) is 13.9. The van der Waals surface area contributed by atoms with Crippen molar-refractivity contribution in [3.05, 3.63) is 54.6 Å². The van der Waals surface area contributed by atoms with Crippen LogP contribution in [0.4, 0.5) is 0 Å². The largest absolute Gasteiger partial charge is 0.474 e. The number of H-pyrrole nitrogens is 1. The van der Waals surface area contributed by atoms with Crippen LogP contribution in [0, 0.1) is 0 Å². The van der Waals surface area contributed by atoms with Crippen molar-refractivity contribution in [2.75, 3.05) is 13.1 Å². The van der Waals surface area contributed by atoms with E-state index >= 15 is 0 Å². The van der Waals surface area contributed by atoms with Gasteiger partial charge in [-0.2, -0.15) is 0 Å². The molecule has 0 unspecified atom stereocenters. The molecular weight excluding hydrogens is 316 g/mol. The lowest BCUT2D eigenvalue weighted by Crippen LogP contribution is -2.42. The molecule has 2 aromatic heterocycles. The van der Waals surface area contributed by atoms with E-state index in [2.05, 4.69) is 21.0 Å². The lowest BCUT2D eigenvalue weighted by molar-refractivity contribution is -0.132. The van der Waals surface area contributed by atoms with E-state index in [1.54, 1.807) is 12.3 Å². The summed E-state index contributed by atoms with van der Waals surface area (Å²) in [7, 11) is 0. The number of piperidine rings is 1. The van der Waals surface area contributed by atoms with Crippen molar-refractivity contribution in [1.29, 1.82) is 0 Å². The van der Waals surface area contributed by atoms with Gasteiger partial charge in [0, 0.05) is 55.3 Å². The van der Waals surface area contributed by atoms with Gasteiger partial charge in [0.2, 0.25) is 11.8 Å². The molecule has 0 spiro atoms. The second kappa shape index (κ2) is 6.93. The zero-order valence-corrected chi connectivity index (χ0v) is 13.9. The predicted molar refractivity (Wildman–Crippen MR) is 94.3 cm³/mol. The molecule has 3 heterocycles. The van der Waals surface area contributed by atoms with Crippen LogP contribution in [0.25, 0.3) is 10.9 Å². The quantitative estimate of drug-likeness (QED) is 0.795. The van der Waals surface area contributed by atoms with Gasteiger partial charge in [-0.25, -0.2) is 9.97 Å². The maximum Gasteiger partial charge on any atom is 0.227 e. The molecule has 1 aromatic carbocycles. The molecule has 0 aliphatic carbocycles. The van der Waals surface area contributed by atoms with Gasteiger partial charge in [0.1, 0.15) is 12.4 Å². The molecule has 1 fully saturated rings. The normalized spacial score (nSPS) is 15.4. The summed E-state index contributed by atoms with van der Waals surface area (Å²) in [6, 6.07) is 9.83. The van der Waals surface area contributed by atoms with Gasteiger partial charge >= 0.3 is 0 Å². The Bertz CT molecular complexity index is 854. The SMILES string of the molecule is O=C(Cc1c[nH]c2ccccc12)N1CCC(Oc2ccncn2)CC1. The average molecular weight is 336 g/mol. The van der Waals surface area contributed by atoms with Crippen molar-refractivity contribution in [2.45, 2.75) is 25.4 Å². The van der Waals surface area contributed by atoms with Crippen molar-refractivity contribution in [3.63, 3.8) is 0 Å². The minimum Gasteiger partial charge on any atom is -0.474 e. The van der Waals surface area contributed by atoms with Gasteiger partial charge in [0.05, 0.1) is 6.42 Å². The Morgan fingerprint density at radius 2 is 2.08 bits per heavy atom. The minimum atomic E-state index is 0.104. The first kappa shape index (κ1) is 15.6. The Morgan fingerprint density at radius 1 is 1.24 bits per heavy atom. The van der Waals surface area contributed by atoms with E-state index in [0.29, 0.717) is 12.3 Å². The Hall–Kier alpha value is -2.89. The highest BCUT2D eigenvalue weighted by molar-refractivity contribution is 5.88. The number of ether oxygens (including phenoxy) is 1. The summed E-state index contributed by atoms with van der Waals surface area (Å²) in [5.41, 5.74) is 2.13. The molecule has 1 aliphatic heterocycles. The van der Waals surface area contributed by atoms with E-state index < -0.39 is 0 Å². The number of likely N-dealkylation sites (tertiary alicyclic amines) is 1. The third-order valence-electron chi connectivity index (χ3n) is 4.65. The molecular formula is C19H20N4O2. The van der Waals surface area contributed by atoms with E-state index in [1.807, 2.05) is 29.3 Å². The highest BCUT2D eigenvalue weighted by atomic mass is 16.5. The molecule has 0 atom stereocenters. The molecule has 6 nitrogen and oxygen atoms in total. The fraction of sp³-hybridized carbons (Fsp3) is 0.316. The predicted octanol–water partition coefficient (Wildman–Crippen LogP) is 2.57. The number of nitrogens with one attached hydrogen (secondary N) is 1. The van der Waals surface area contributed by atoms with Crippen LogP contribution in [0.15, 0.2) is 49.1 Å². The number of carbonyl (C=O) groups excluding carboxylic acids is 1. The number of aromatic nitrogens is 3. The Morgan fingerprint density at radius 3 is 2.88 bits per heavy atom. The number of nitrogens with zero attached hydrogens (tertiary/aromatic N) is 3.